The molecule has 0 saturated heterocycles. The Morgan fingerprint density at radius 2 is 1.90 bits per heavy atom. The topological polar surface area (TPSA) is 60.9 Å². The minimum atomic E-state index is -0.936. The Labute approximate surface area is 127 Å². The highest BCUT2D eigenvalue weighted by molar-refractivity contribution is 9.10. The van der Waals surface area contributed by atoms with E-state index in [-0.39, 0.29) is 12.5 Å². The summed E-state index contributed by atoms with van der Waals surface area (Å²) in [7, 11) is 3.34. The summed E-state index contributed by atoms with van der Waals surface area (Å²) in [5, 5.41) is 8.90. The van der Waals surface area contributed by atoms with Crippen molar-refractivity contribution in [2.24, 2.45) is 0 Å². The van der Waals surface area contributed by atoms with E-state index in [1.165, 1.54) is 4.90 Å². The van der Waals surface area contributed by atoms with E-state index in [2.05, 4.69) is 15.9 Å². The lowest BCUT2D eigenvalue weighted by Crippen LogP contribution is -2.43. The summed E-state index contributed by atoms with van der Waals surface area (Å²) in [5.41, 5.74) is 1.01. The van der Waals surface area contributed by atoms with Gasteiger partial charge in [0.15, 0.2) is 0 Å². The zero-order valence-electron chi connectivity index (χ0n) is 11.8. The van der Waals surface area contributed by atoms with E-state index in [9.17, 15) is 9.59 Å². The van der Waals surface area contributed by atoms with Crippen molar-refractivity contribution < 1.29 is 14.7 Å². The Kier molecular flexibility index (Phi) is 6.16. The van der Waals surface area contributed by atoms with Gasteiger partial charge in [0.05, 0.1) is 6.54 Å². The molecule has 1 aromatic carbocycles. The SMILES string of the molecule is CC(C(=O)O)N(C)CC(=O)N(C)Cc1ccccc1Br. The van der Waals surface area contributed by atoms with Crippen molar-refractivity contribution in [1.82, 2.24) is 9.80 Å². The van der Waals surface area contributed by atoms with Crippen molar-refractivity contribution in [1.29, 1.82) is 0 Å². The van der Waals surface area contributed by atoms with Gasteiger partial charge in [0.2, 0.25) is 5.91 Å². The maximum absolute atomic E-state index is 12.1. The van der Waals surface area contributed by atoms with Crippen LogP contribution in [0.1, 0.15) is 12.5 Å². The van der Waals surface area contributed by atoms with E-state index in [0.29, 0.717) is 6.54 Å². The second kappa shape index (κ2) is 7.40. The van der Waals surface area contributed by atoms with Crippen molar-refractivity contribution in [2.75, 3.05) is 20.6 Å². The minimum Gasteiger partial charge on any atom is -0.480 e. The number of carboxylic acids is 1. The van der Waals surface area contributed by atoms with Crippen LogP contribution in [0.5, 0.6) is 0 Å². The summed E-state index contributed by atoms with van der Waals surface area (Å²) in [5.74, 6) is -1.05. The van der Waals surface area contributed by atoms with Crippen LogP contribution in [0.4, 0.5) is 0 Å². The normalized spacial score (nSPS) is 12.2. The number of nitrogens with zero attached hydrogens (tertiary/aromatic N) is 2. The lowest BCUT2D eigenvalue weighted by atomic mass is 10.2. The van der Waals surface area contributed by atoms with Gasteiger partial charge in [-0.05, 0) is 25.6 Å². The van der Waals surface area contributed by atoms with Crippen LogP contribution in [0.2, 0.25) is 0 Å². The summed E-state index contributed by atoms with van der Waals surface area (Å²) in [4.78, 5) is 26.0. The molecule has 1 unspecified atom stereocenters. The number of carbonyl (C=O) groups excluding carboxylic acids is 1. The van der Waals surface area contributed by atoms with E-state index < -0.39 is 12.0 Å². The first-order chi connectivity index (χ1) is 9.32. The van der Waals surface area contributed by atoms with Crippen LogP contribution in [0.15, 0.2) is 28.7 Å². The Hall–Kier alpha value is -1.40. The van der Waals surface area contributed by atoms with Gasteiger partial charge in [-0.3, -0.25) is 14.5 Å². The maximum atomic E-state index is 12.1. The van der Waals surface area contributed by atoms with Crippen LogP contribution in [-0.4, -0.2) is 53.5 Å². The van der Waals surface area contributed by atoms with Crippen molar-refractivity contribution >= 4 is 27.8 Å². The lowest BCUT2D eigenvalue weighted by Gasteiger charge is -2.24. The van der Waals surface area contributed by atoms with Crippen LogP contribution in [0.3, 0.4) is 0 Å². The molecule has 0 radical (unpaired) electrons. The molecule has 6 heteroatoms. The third kappa shape index (κ3) is 4.61. The molecule has 1 aromatic rings. The number of amides is 1. The molecule has 0 spiro atoms. The first kappa shape index (κ1) is 16.7. The van der Waals surface area contributed by atoms with Crippen LogP contribution >= 0.6 is 15.9 Å². The van der Waals surface area contributed by atoms with Gasteiger partial charge in [-0.15, -0.1) is 0 Å². The highest BCUT2D eigenvalue weighted by Crippen LogP contribution is 2.17. The van der Waals surface area contributed by atoms with E-state index in [1.807, 2.05) is 24.3 Å². The Balaban J connectivity index is 2.60. The lowest BCUT2D eigenvalue weighted by molar-refractivity contribution is -0.143. The van der Waals surface area contributed by atoms with E-state index in [4.69, 9.17) is 5.11 Å². The number of aliphatic carboxylic acids is 1. The number of likely N-dealkylation sites (N-methyl/N-ethyl adjacent to an activating group) is 2. The van der Waals surface area contributed by atoms with Crippen molar-refractivity contribution in [2.45, 2.75) is 19.5 Å². The average molecular weight is 343 g/mol. The van der Waals surface area contributed by atoms with Gasteiger partial charge >= 0.3 is 5.97 Å². The van der Waals surface area contributed by atoms with E-state index in [1.54, 1.807) is 25.9 Å². The largest absolute Gasteiger partial charge is 0.480 e. The first-order valence-corrected chi connectivity index (χ1v) is 7.02. The number of halogens is 1. The van der Waals surface area contributed by atoms with Crippen molar-refractivity contribution in [3.63, 3.8) is 0 Å². The Morgan fingerprint density at radius 1 is 1.30 bits per heavy atom. The predicted molar refractivity (Wildman–Crippen MR) is 80.3 cm³/mol. The molecule has 20 heavy (non-hydrogen) atoms. The highest BCUT2D eigenvalue weighted by atomic mass is 79.9. The Bertz CT molecular complexity index is 493. The van der Waals surface area contributed by atoms with Gasteiger partial charge in [0, 0.05) is 18.1 Å². The number of rotatable bonds is 6. The monoisotopic (exact) mass is 342 g/mol. The van der Waals surface area contributed by atoms with E-state index in [0.717, 1.165) is 10.0 Å². The molecule has 110 valence electrons. The molecule has 0 aliphatic rings. The smallest absolute Gasteiger partial charge is 0.320 e. The number of benzene rings is 1. The van der Waals surface area contributed by atoms with Crippen LogP contribution < -0.4 is 0 Å². The molecular formula is C14H19BrN2O3. The molecular weight excluding hydrogens is 324 g/mol. The fourth-order valence-electron chi connectivity index (χ4n) is 1.63. The van der Waals surface area contributed by atoms with Gasteiger partial charge in [-0.1, -0.05) is 34.1 Å². The predicted octanol–water partition coefficient (Wildman–Crippen LogP) is 1.81. The van der Waals surface area contributed by atoms with Gasteiger partial charge in [-0.25, -0.2) is 0 Å². The van der Waals surface area contributed by atoms with Crippen molar-refractivity contribution in [3.05, 3.63) is 34.3 Å². The van der Waals surface area contributed by atoms with Gasteiger partial charge in [0.25, 0.3) is 0 Å². The van der Waals surface area contributed by atoms with Crippen molar-refractivity contribution in [3.8, 4) is 0 Å². The number of hydrogen-bond acceptors (Lipinski definition) is 3. The molecule has 0 fully saturated rings. The number of hydrogen-bond donors (Lipinski definition) is 1. The van der Waals surface area contributed by atoms with Gasteiger partial charge < -0.3 is 10.0 Å². The summed E-state index contributed by atoms with van der Waals surface area (Å²) >= 11 is 3.44. The first-order valence-electron chi connectivity index (χ1n) is 6.23. The fraction of sp³-hybridized carbons (Fsp3) is 0.429. The molecule has 0 bridgehead atoms. The molecule has 0 heterocycles. The second-order valence-corrected chi connectivity index (χ2v) is 5.62. The van der Waals surface area contributed by atoms with Gasteiger partial charge in [-0.2, -0.15) is 0 Å². The summed E-state index contributed by atoms with van der Waals surface area (Å²) in [6.07, 6.45) is 0. The molecule has 1 rings (SSSR count). The zero-order valence-corrected chi connectivity index (χ0v) is 13.4. The molecule has 1 atom stereocenters. The zero-order chi connectivity index (χ0) is 15.3. The summed E-state index contributed by atoms with van der Waals surface area (Å²) in [6, 6.07) is 7.01. The molecule has 5 nitrogen and oxygen atoms in total. The number of carboxylic acid groups (broad SMARTS) is 1. The molecule has 0 aromatic heterocycles. The highest BCUT2D eigenvalue weighted by Gasteiger charge is 2.20. The molecule has 0 aliphatic heterocycles. The van der Waals surface area contributed by atoms with Crippen LogP contribution in [0, 0.1) is 0 Å². The Morgan fingerprint density at radius 3 is 2.45 bits per heavy atom. The quantitative estimate of drug-likeness (QED) is 0.856. The fourth-order valence-corrected chi connectivity index (χ4v) is 2.04. The molecule has 1 N–H and O–H groups in total. The van der Waals surface area contributed by atoms with E-state index >= 15 is 0 Å². The maximum Gasteiger partial charge on any atom is 0.320 e. The molecule has 0 saturated carbocycles. The van der Waals surface area contributed by atoms with Crippen LogP contribution in [-0.2, 0) is 16.1 Å². The number of carbonyl (C=O) groups is 2. The molecule has 0 aliphatic carbocycles. The minimum absolute atomic E-state index is 0.0778. The van der Waals surface area contributed by atoms with Gasteiger partial charge in [0.1, 0.15) is 6.04 Å². The second-order valence-electron chi connectivity index (χ2n) is 4.77. The average Bonchev–Trinajstić information content (AvgIpc) is 2.40. The van der Waals surface area contributed by atoms with Crippen LogP contribution in [0.25, 0.3) is 0 Å². The third-order valence-corrected chi connectivity index (χ3v) is 3.97. The third-order valence-electron chi connectivity index (χ3n) is 3.19. The summed E-state index contributed by atoms with van der Waals surface area (Å²) < 4.78 is 0.951. The molecule has 1 amide bonds. The summed E-state index contributed by atoms with van der Waals surface area (Å²) in [6.45, 7) is 2.12. The standard InChI is InChI=1S/C14H19BrN2O3/c1-10(14(19)20)16(2)9-13(18)17(3)8-11-6-4-5-7-12(11)15/h4-7,10H,8-9H2,1-3H3,(H,19,20).